The quantitative estimate of drug-likeness (QED) is 0.0859. The van der Waals surface area contributed by atoms with E-state index in [1.54, 1.807) is 40.6 Å². The molecule has 1 aromatic rings. The highest BCUT2D eigenvalue weighted by Gasteiger charge is 2.85. The third-order valence-corrected chi connectivity index (χ3v) is 14.7. The van der Waals surface area contributed by atoms with E-state index in [9.17, 15) is 28.5 Å². The summed E-state index contributed by atoms with van der Waals surface area (Å²) in [5.41, 5.74) is -0.106. The first-order valence-electron chi connectivity index (χ1n) is 19.9. The molecule has 0 spiro atoms. The number of amides is 5. The zero-order chi connectivity index (χ0) is 39.6. The summed E-state index contributed by atoms with van der Waals surface area (Å²) in [6.45, 7) is 10.8. The second-order valence-electron chi connectivity index (χ2n) is 16.6. The summed E-state index contributed by atoms with van der Waals surface area (Å²) in [4.78, 5) is 74.8. The number of urea groups is 1. The third-order valence-electron chi connectivity index (χ3n) is 13.4. The second kappa shape index (κ2) is 17.1. The number of rotatable bonds is 16. The largest absolute Gasteiger partial charge is 0.592 e. The fourth-order valence-corrected chi connectivity index (χ4v) is 11.7. The predicted molar refractivity (Wildman–Crippen MR) is 208 cm³/mol. The second-order valence-corrected chi connectivity index (χ2v) is 18.2. The highest BCUT2D eigenvalue weighted by atomic mass is 32.2. The lowest BCUT2D eigenvalue weighted by Gasteiger charge is -2.36. The summed E-state index contributed by atoms with van der Waals surface area (Å²) < 4.78 is 15.1. The Morgan fingerprint density at radius 1 is 1.11 bits per heavy atom. The van der Waals surface area contributed by atoms with Gasteiger partial charge in [-0.1, -0.05) is 52.2 Å². The van der Waals surface area contributed by atoms with Gasteiger partial charge in [0, 0.05) is 44.2 Å². The minimum atomic E-state index is -1.53. The van der Waals surface area contributed by atoms with Crippen LogP contribution in [0.15, 0.2) is 42.1 Å². The Hall–Kier alpha value is -3.93. The van der Waals surface area contributed by atoms with Gasteiger partial charge in [-0.15, -0.1) is 23.2 Å². The first-order chi connectivity index (χ1) is 26.3. The Labute approximate surface area is 328 Å². The number of pyridine rings is 1. The van der Waals surface area contributed by atoms with Crippen LogP contribution in [0, 0.1) is 59.2 Å². The van der Waals surface area contributed by atoms with Crippen molar-refractivity contribution in [1.29, 1.82) is 0 Å². The minimum Gasteiger partial charge on any atom is -0.592 e. The van der Waals surface area contributed by atoms with Gasteiger partial charge in [0.05, 0.1) is 12.6 Å². The van der Waals surface area contributed by atoms with E-state index in [1.807, 2.05) is 0 Å². The fourth-order valence-electron chi connectivity index (χ4n) is 10.7. The monoisotopic (exact) mass is 775 g/mol. The van der Waals surface area contributed by atoms with E-state index >= 15 is 0 Å². The van der Waals surface area contributed by atoms with Crippen molar-refractivity contribution in [2.24, 2.45) is 46.8 Å². The Bertz CT molecular complexity index is 1660. The number of carbonyl (C=O) groups is 5. The van der Waals surface area contributed by atoms with Gasteiger partial charge < -0.3 is 30.7 Å². The van der Waals surface area contributed by atoms with Crippen LogP contribution in [0.2, 0.25) is 0 Å². The molecule has 4 aliphatic carbocycles. The van der Waals surface area contributed by atoms with Gasteiger partial charge in [-0.2, -0.15) is 0 Å². The van der Waals surface area contributed by atoms with E-state index in [-0.39, 0.29) is 48.1 Å². The molecular weight excluding hydrogens is 719 g/mol. The van der Waals surface area contributed by atoms with Gasteiger partial charge in [-0.25, -0.2) is 9.78 Å². The van der Waals surface area contributed by atoms with E-state index in [0.29, 0.717) is 41.8 Å². The van der Waals surface area contributed by atoms with Crippen molar-refractivity contribution < 1.29 is 28.5 Å². The number of aromatic nitrogens is 1. The van der Waals surface area contributed by atoms with Crippen molar-refractivity contribution in [1.82, 2.24) is 35.5 Å². The number of hydrogen-bond acceptors (Lipinski definition) is 8. The maximum absolute atomic E-state index is 14.9. The van der Waals surface area contributed by atoms with Crippen molar-refractivity contribution in [3.8, 4) is 12.3 Å². The lowest BCUT2D eigenvalue weighted by atomic mass is 9.83. The van der Waals surface area contributed by atoms with Crippen LogP contribution in [0.25, 0.3) is 0 Å². The molecule has 4 saturated carbocycles. The Morgan fingerprint density at radius 3 is 2.45 bits per heavy atom. The van der Waals surface area contributed by atoms with Gasteiger partial charge in [0.15, 0.2) is 0 Å². The molecule has 0 bridgehead atoms. The minimum absolute atomic E-state index is 0.0804. The number of likely N-dealkylation sites (tertiary alicyclic amines) is 1. The highest BCUT2D eigenvalue weighted by Crippen LogP contribution is 2.85. The molecule has 1 aliphatic heterocycles. The van der Waals surface area contributed by atoms with E-state index in [0.717, 1.165) is 44.9 Å². The Balaban J connectivity index is 1.21. The summed E-state index contributed by atoms with van der Waals surface area (Å²) in [6, 6.07) is 1.50. The van der Waals surface area contributed by atoms with Crippen LogP contribution in [0.3, 0.4) is 0 Å². The number of Topliss-reactive ketones (excluding diaryl/α,β-unsaturated/α-hetero) is 1. The van der Waals surface area contributed by atoms with Crippen molar-refractivity contribution in [3.05, 3.63) is 37.1 Å². The standard InChI is InChI=1S/C41H57N7O6S/c1-7-14-30(36(49)38(51)43-18-8-2)44-37(50)35-29-21-24(3)20-28(29)22-48(35)39(52)34(27-15-10-9-11-16-27)46-40(53)45-31(41-25(4)33(41)26(41)5)23-47(6)55(54)32-17-12-13-19-42-32/h1,8,12-13,17,19,24-31,33-35H,2,9-11,14-16,18,20-23H2,3-6H3,(H,43,51)(H,44,50)(H2,45,46,53)/t24?,25?,26?,28-,29-,30?,31+,33?,34-,35-,41?,55?/m0/s1. The average Bonchev–Trinajstić information content (AvgIpc) is 3.89. The number of nitrogens with zero attached hydrogens (tertiary/aromatic N) is 3. The summed E-state index contributed by atoms with van der Waals surface area (Å²) >= 11 is -1.53. The van der Waals surface area contributed by atoms with E-state index in [1.165, 1.54) is 6.08 Å². The molecule has 1 saturated heterocycles. The smallest absolute Gasteiger partial charge is 0.315 e. The number of nitrogens with one attached hydrogen (secondary N) is 4. The third kappa shape index (κ3) is 8.16. The molecule has 55 heavy (non-hydrogen) atoms. The van der Waals surface area contributed by atoms with Gasteiger partial charge in [-0.3, -0.25) is 19.2 Å². The van der Waals surface area contributed by atoms with Crippen molar-refractivity contribution >= 4 is 40.9 Å². The number of fused-ring (bicyclic) bond motifs is 2. The Kier molecular flexibility index (Phi) is 12.6. The summed E-state index contributed by atoms with van der Waals surface area (Å²) in [6.07, 6.45) is 14.5. The molecule has 298 valence electrons. The molecule has 14 heteroatoms. The van der Waals surface area contributed by atoms with Crippen LogP contribution in [-0.4, -0.2) is 99.1 Å². The van der Waals surface area contributed by atoms with Gasteiger partial charge in [-0.05, 0) is 73.2 Å². The van der Waals surface area contributed by atoms with E-state index in [2.05, 4.69) is 59.5 Å². The maximum atomic E-state index is 14.9. The van der Waals surface area contributed by atoms with Crippen LogP contribution < -0.4 is 21.3 Å². The van der Waals surface area contributed by atoms with Crippen molar-refractivity contribution in [3.63, 3.8) is 0 Å². The van der Waals surface area contributed by atoms with Gasteiger partial charge in [0.1, 0.15) is 29.5 Å². The molecule has 4 N–H and O–H groups in total. The molecule has 13 nitrogen and oxygen atoms in total. The summed E-state index contributed by atoms with van der Waals surface area (Å²) in [5, 5.41) is 12.0. The molecule has 5 fully saturated rings. The first kappa shape index (κ1) is 40.7. The number of hydrogen-bond donors (Lipinski definition) is 4. The number of carbonyl (C=O) groups excluding carboxylic acids is 5. The number of ketones is 1. The molecule has 5 aliphatic rings. The molecule has 0 radical (unpaired) electrons. The SMILES string of the molecule is C#CCC(NC(=O)[C@@H]1[C@H]2CC(C)C[C@H]2CN1C(=O)[C@@H](NC(=O)N[C@H](CN(C)[S+]([O-])c1ccccn1)C12C(C)C1C2C)C1CCCCC1)C(=O)C(=O)NCC=C. The van der Waals surface area contributed by atoms with Crippen LogP contribution in [0.1, 0.15) is 72.1 Å². The van der Waals surface area contributed by atoms with Crippen molar-refractivity contribution in [2.75, 3.05) is 26.7 Å². The van der Waals surface area contributed by atoms with Gasteiger partial charge >= 0.3 is 6.03 Å². The van der Waals surface area contributed by atoms with E-state index in [4.69, 9.17) is 6.42 Å². The van der Waals surface area contributed by atoms with Crippen LogP contribution in [-0.2, 0) is 30.5 Å². The summed E-state index contributed by atoms with van der Waals surface area (Å²) in [7, 11) is 1.77. The molecule has 10 atom stereocenters. The topological polar surface area (TPSA) is 176 Å². The molecular formula is C41H57N7O6S. The highest BCUT2D eigenvalue weighted by molar-refractivity contribution is 7.89. The summed E-state index contributed by atoms with van der Waals surface area (Å²) in [5.74, 6) is 1.28. The lowest BCUT2D eigenvalue weighted by molar-refractivity contribution is -0.144. The first-order valence-corrected chi connectivity index (χ1v) is 21.0. The van der Waals surface area contributed by atoms with Crippen molar-refractivity contribution in [2.45, 2.75) is 101 Å². The van der Waals surface area contributed by atoms with E-state index < -0.39 is 53.1 Å². The zero-order valence-corrected chi connectivity index (χ0v) is 33.3. The maximum Gasteiger partial charge on any atom is 0.315 e. The molecule has 0 aromatic carbocycles. The zero-order valence-electron chi connectivity index (χ0n) is 32.5. The number of terminal acetylenes is 1. The van der Waals surface area contributed by atoms with Gasteiger partial charge in [0.25, 0.3) is 10.9 Å². The van der Waals surface area contributed by atoms with Crippen LogP contribution in [0.5, 0.6) is 0 Å². The van der Waals surface area contributed by atoms with Crippen LogP contribution >= 0.6 is 0 Å². The molecule has 6 rings (SSSR count). The molecule has 2 heterocycles. The lowest BCUT2D eigenvalue weighted by Crippen LogP contribution is -2.61. The van der Waals surface area contributed by atoms with Gasteiger partial charge in [0.2, 0.25) is 17.6 Å². The molecule has 1 aromatic heterocycles. The average molecular weight is 776 g/mol. The predicted octanol–water partition coefficient (Wildman–Crippen LogP) is 2.81. The van der Waals surface area contributed by atoms with Crippen LogP contribution in [0.4, 0.5) is 4.79 Å². The normalized spacial score (nSPS) is 31.4. The fraction of sp³-hybridized carbons (Fsp3) is 0.659. The Morgan fingerprint density at radius 2 is 1.84 bits per heavy atom. The molecule has 5 unspecified atom stereocenters. The number of likely N-dealkylation sites (N-methyl/N-ethyl adjacent to an activating group) is 1. The molecule has 5 amide bonds.